The molecule has 0 bridgehead atoms. The molecule has 28 heavy (non-hydrogen) atoms. The maximum absolute atomic E-state index is 11.8. The lowest BCUT2D eigenvalue weighted by atomic mass is 10.0. The summed E-state index contributed by atoms with van der Waals surface area (Å²) in [4.78, 5) is 11.8. The molecule has 1 rings (SSSR count). The van der Waals surface area contributed by atoms with Crippen LogP contribution in [0, 0.1) is 6.92 Å². The Labute approximate surface area is 171 Å². The molecular weight excluding hydrogens is 354 g/mol. The average molecular weight is 395 g/mol. The van der Waals surface area contributed by atoms with E-state index in [1.165, 1.54) is 5.56 Å². The maximum Gasteiger partial charge on any atom is 0.361 e. The Morgan fingerprint density at radius 2 is 1.61 bits per heavy atom. The number of carbonyl (C=O) groups excluding carboxylic acids is 1. The molecule has 5 nitrogen and oxygen atoms in total. The second kappa shape index (κ2) is 10.3. The molecule has 0 spiro atoms. The molecular formula is C23H40NO4+. The first-order chi connectivity index (χ1) is 12.8. The minimum atomic E-state index is -0.301. The first kappa shape index (κ1) is 24.4. The average Bonchev–Trinajstić information content (AvgIpc) is 2.54. The van der Waals surface area contributed by atoms with Gasteiger partial charge < -0.3 is 18.7 Å². The molecule has 0 aliphatic carbocycles. The number of ether oxygens (including phenoxy) is 3. The first-order valence-corrected chi connectivity index (χ1v) is 10.2. The number of hydrogen-bond acceptors (Lipinski definition) is 4. The van der Waals surface area contributed by atoms with E-state index in [2.05, 4.69) is 46.8 Å². The number of esters is 1. The Hall–Kier alpha value is -1.59. The Bertz CT molecular complexity index is 606. The second-order valence-electron chi connectivity index (χ2n) is 9.41. The van der Waals surface area contributed by atoms with Crippen LogP contribution in [-0.4, -0.2) is 62.1 Å². The van der Waals surface area contributed by atoms with Crippen LogP contribution in [0.25, 0.3) is 0 Å². The van der Waals surface area contributed by atoms with E-state index in [0.717, 1.165) is 25.1 Å². The molecule has 0 heterocycles. The fraction of sp³-hybridized carbons (Fsp3) is 0.696. The van der Waals surface area contributed by atoms with Gasteiger partial charge in [0.05, 0.1) is 39.5 Å². The molecule has 1 aromatic rings. The quantitative estimate of drug-likeness (QED) is 0.390. The number of aryl methyl sites for hydroxylation is 1. The zero-order valence-corrected chi connectivity index (χ0v) is 19.1. The van der Waals surface area contributed by atoms with Gasteiger partial charge >= 0.3 is 5.97 Å². The summed E-state index contributed by atoms with van der Waals surface area (Å²) in [5, 5.41) is 0. The van der Waals surface area contributed by atoms with Crippen molar-refractivity contribution in [3.05, 3.63) is 29.8 Å². The highest BCUT2D eigenvalue weighted by molar-refractivity contribution is 5.70. The highest BCUT2D eigenvalue weighted by atomic mass is 16.5. The SMILES string of the molecule is CCOC(=O)C[N+](C)(C)CCC(C)(C)OCCC(C)(C)Oc1ccc(C)cc1. The third kappa shape index (κ3) is 10.1. The van der Waals surface area contributed by atoms with Gasteiger partial charge in [0.15, 0.2) is 6.54 Å². The van der Waals surface area contributed by atoms with E-state index in [-0.39, 0.29) is 17.2 Å². The van der Waals surface area contributed by atoms with E-state index in [1.54, 1.807) is 0 Å². The number of quaternary nitrogens is 1. The van der Waals surface area contributed by atoms with Gasteiger partial charge in [-0.15, -0.1) is 0 Å². The Kier molecular flexibility index (Phi) is 8.96. The molecule has 0 aliphatic heterocycles. The molecule has 5 heteroatoms. The highest BCUT2D eigenvalue weighted by Crippen LogP contribution is 2.23. The summed E-state index contributed by atoms with van der Waals surface area (Å²) in [7, 11) is 4.09. The van der Waals surface area contributed by atoms with Crippen molar-refractivity contribution in [1.82, 2.24) is 0 Å². The van der Waals surface area contributed by atoms with Gasteiger partial charge in [-0.05, 0) is 53.7 Å². The lowest BCUT2D eigenvalue weighted by Crippen LogP contribution is -2.47. The minimum Gasteiger partial charge on any atom is -0.488 e. The van der Waals surface area contributed by atoms with Gasteiger partial charge in [0.2, 0.25) is 0 Å². The number of rotatable bonds is 12. The summed E-state index contributed by atoms with van der Waals surface area (Å²) < 4.78 is 17.9. The molecule has 0 fully saturated rings. The number of carbonyl (C=O) groups is 1. The molecule has 0 saturated carbocycles. The van der Waals surface area contributed by atoms with E-state index in [4.69, 9.17) is 14.2 Å². The summed E-state index contributed by atoms with van der Waals surface area (Å²) in [6.07, 6.45) is 1.66. The van der Waals surface area contributed by atoms with Crippen molar-refractivity contribution in [3.63, 3.8) is 0 Å². The fourth-order valence-corrected chi connectivity index (χ4v) is 2.83. The second-order valence-corrected chi connectivity index (χ2v) is 9.41. The molecule has 0 aliphatic rings. The molecule has 0 saturated heterocycles. The van der Waals surface area contributed by atoms with Crippen LogP contribution in [0.15, 0.2) is 24.3 Å². The van der Waals surface area contributed by atoms with Crippen LogP contribution < -0.4 is 4.74 Å². The van der Waals surface area contributed by atoms with Crippen LogP contribution >= 0.6 is 0 Å². The minimum absolute atomic E-state index is 0.152. The van der Waals surface area contributed by atoms with Gasteiger partial charge in [-0.2, -0.15) is 0 Å². The maximum atomic E-state index is 11.8. The van der Waals surface area contributed by atoms with Crippen LogP contribution in [0.3, 0.4) is 0 Å². The van der Waals surface area contributed by atoms with Crippen LogP contribution in [0.1, 0.15) is 53.0 Å². The predicted octanol–water partition coefficient (Wildman–Crippen LogP) is 4.37. The van der Waals surface area contributed by atoms with Crippen LogP contribution in [0.4, 0.5) is 0 Å². The van der Waals surface area contributed by atoms with Crippen LogP contribution in [0.5, 0.6) is 5.75 Å². The smallest absolute Gasteiger partial charge is 0.361 e. The van der Waals surface area contributed by atoms with Crippen LogP contribution in [0.2, 0.25) is 0 Å². The van der Waals surface area contributed by atoms with Crippen molar-refractivity contribution < 1.29 is 23.5 Å². The lowest BCUT2D eigenvalue weighted by molar-refractivity contribution is -0.884. The first-order valence-electron chi connectivity index (χ1n) is 10.2. The van der Waals surface area contributed by atoms with E-state index < -0.39 is 0 Å². The Balaban J connectivity index is 2.42. The largest absolute Gasteiger partial charge is 0.488 e. The van der Waals surface area contributed by atoms with Crippen molar-refractivity contribution in [2.75, 3.05) is 40.4 Å². The van der Waals surface area contributed by atoms with Crippen molar-refractivity contribution in [2.45, 2.75) is 65.6 Å². The molecule has 160 valence electrons. The number of likely N-dealkylation sites (N-methyl/N-ethyl adjacent to an activating group) is 1. The zero-order chi connectivity index (χ0) is 21.4. The Morgan fingerprint density at radius 3 is 2.18 bits per heavy atom. The van der Waals surface area contributed by atoms with E-state index in [1.807, 2.05) is 33.2 Å². The molecule has 0 atom stereocenters. The van der Waals surface area contributed by atoms with Gasteiger partial charge in [-0.1, -0.05) is 17.7 Å². The molecule has 0 amide bonds. The molecule has 1 aromatic carbocycles. The summed E-state index contributed by atoms with van der Waals surface area (Å²) in [6, 6.07) is 8.12. The van der Waals surface area contributed by atoms with E-state index in [0.29, 0.717) is 24.2 Å². The van der Waals surface area contributed by atoms with Crippen LogP contribution in [-0.2, 0) is 14.3 Å². The van der Waals surface area contributed by atoms with Gasteiger partial charge in [0.1, 0.15) is 11.4 Å². The molecule has 0 unspecified atom stereocenters. The third-order valence-corrected chi connectivity index (χ3v) is 4.79. The number of nitrogens with zero attached hydrogens (tertiary/aromatic N) is 1. The normalized spacial score (nSPS) is 12.7. The van der Waals surface area contributed by atoms with Crippen molar-refractivity contribution in [2.24, 2.45) is 0 Å². The lowest BCUT2D eigenvalue weighted by Gasteiger charge is -2.34. The van der Waals surface area contributed by atoms with Crippen molar-refractivity contribution >= 4 is 5.97 Å². The molecule has 0 N–H and O–H groups in total. The number of benzene rings is 1. The van der Waals surface area contributed by atoms with Crippen molar-refractivity contribution in [1.29, 1.82) is 0 Å². The van der Waals surface area contributed by atoms with Gasteiger partial charge in [0, 0.05) is 12.8 Å². The zero-order valence-electron chi connectivity index (χ0n) is 19.1. The van der Waals surface area contributed by atoms with Gasteiger partial charge in [-0.3, -0.25) is 0 Å². The Morgan fingerprint density at radius 1 is 1.00 bits per heavy atom. The van der Waals surface area contributed by atoms with Gasteiger partial charge in [0.25, 0.3) is 0 Å². The molecule has 0 aromatic heterocycles. The third-order valence-electron chi connectivity index (χ3n) is 4.79. The summed E-state index contributed by atoms with van der Waals surface area (Å²) in [6.45, 7) is 14.5. The standard InChI is InChI=1S/C23H40NO4/c1-9-26-21(25)18-24(7,8)16-14-22(3,4)27-17-15-23(5,6)28-20-12-10-19(2)11-13-20/h10-13H,9,14-18H2,1-8H3/q+1. The van der Waals surface area contributed by atoms with Crippen molar-refractivity contribution in [3.8, 4) is 5.75 Å². The fourth-order valence-electron chi connectivity index (χ4n) is 2.83. The summed E-state index contributed by atoms with van der Waals surface area (Å²) in [5.41, 5.74) is 0.661. The summed E-state index contributed by atoms with van der Waals surface area (Å²) >= 11 is 0. The van der Waals surface area contributed by atoms with Gasteiger partial charge in [-0.25, -0.2) is 4.79 Å². The predicted molar refractivity (Wildman–Crippen MR) is 114 cm³/mol. The van der Waals surface area contributed by atoms with E-state index in [9.17, 15) is 4.79 Å². The number of hydrogen-bond donors (Lipinski definition) is 0. The highest BCUT2D eigenvalue weighted by Gasteiger charge is 2.28. The monoisotopic (exact) mass is 394 g/mol. The van der Waals surface area contributed by atoms with E-state index >= 15 is 0 Å². The topological polar surface area (TPSA) is 44.8 Å². The summed E-state index contributed by atoms with van der Waals surface area (Å²) in [5.74, 6) is 0.731. The molecule has 0 radical (unpaired) electrons.